The van der Waals surface area contributed by atoms with Crippen LogP contribution in [0.3, 0.4) is 0 Å². The third-order valence-electron chi connectivity index (χ3n) is 7.08. The molecule has 1 N–H and O–H groups in total. The van der Waals surface area contributed by atoms with Crippen molar-refractivity contribution in [1.29, 1.82) is 5.26 Å². The summed E-state index contributed by atoms with van der Waals surface area (Å²) in [6.07, 6.45) is 14.4. The minimum absolute atomic E-state index is 0.161. The number of fused-ring (bicyclic) bond motifs is 2. The Labute approximate surface area is 227 Å². The topological polar surface area (TPSA) is 117 Å². The molecule has 1 atom stereocenters. The van der Waals surface area contributed by atoms with Gasteiger partial charge in [-0.1, -0.05) is 18.7 Å². The summed E-state index contributed by atoms with van der Waals surface area (Å²) in [5.74, 6) is 0.344. The first-order valence-corrected chi connectivity index (χ1v) is 13.0. The maximum absolute atomic E-state index is 9.35. The maximum atomic E-state index is 9.35. The van der Waals surface area contributed by atoms with Crippen LogP contribution >= 0.6 is 0 Å². The van der Waals surface area contributed by atoms with Crippen LogP contribution in [0.15, 0.2) is 61.2 Å². The number of likely N-dealkylation sites (tertiary alicyclic amines) is 1. The first-order valence-electron chi connectivity index (χ1n) is 13.0. The highest BCUT2D eigenvalue weighted by Gasteiger charge is 2.23. The molecule has 39 heavy (non-hydrogen) atoms. The van der Waals surface area contributed by atoms with Crippen molar-refractivity contribution in [3.05, 3.63) is 66.9 Å². The van der Waals surface area contributed by atoms with Gasteiger partial charge >= 0.3 is 6.01 Å². The monoisotopic (exact) mass is 524 g/mol. The van der Waals surface area contributed by atoms with E-state index in [0.29, 0.717) is 42.0 Å². The molecular weight excluding hydrogens is 492 g/mol. The largest absolute Gasteiger partial charge is 0.464 e. The van der Waals surface area contributed by atoms with E-state index in [0.717, 1.165) is 53.7 Å². The van der Waals surface area contributed by atoms with Gasteiger partial charge in [0.25, 0.3) is 0 Å². The summed E-state index contributed by atoms with van der Waals surface area (Å²) < 4.78 is 9.96. The Morgan fingerprint density at radius 3 is 2.95 bits per heavy atom. The summed E-state index contributed by atoms with van der Waals surface area (Å²) >= 11 is 0. The Kier molecular flexibility index (Phi) is 7.81. The van der Waals surface area contributed by atoms with Gasteiger partial charge in [-0.15, -0.1) is 0 Å². The van der Waals surface area contributed by atoms with Crippen LogP contribution in [0.5, 0.6) is 6.01 Å². The standard InChI is InChI=1S/C29H32N8O2/c1-4-21(15-30)8-7-20(2)26-25(23-14-24-17-33-35(3)27(24)32-16-23)28-31-9-11-37(28)29(34-26)39-19-22-6-5-10-36(18-22)12-13-38/h4,7-9,11,14,16-17,22,38H,1,5-6,10,12-13,18-19H2,2-3H3/b20-7+,21-8+/t22-/m1/s1. The normalized spacial score (nSPS) is 17.0. The third-order valence-corrected chi connectivity index (χ3v) is 7.08. The van der Waals surface area contributed by atoms with Gasteiger partial charge in [0, 0.05) is 55.6 Å². The number of nitriles is 1. The average molecular weight is 525 g/mol. The molecule has 1 fully saturated rings. The molecule has 0 saturated carbocycles. The fourth-order valence-corrected chi connectivity index (χ4v) is 5.06. The Bertz CT molecular complexity index is 1600. The predicted molar refractivity (Wildman–Crippen MR) is 150 cm³/mol. The van der Waals surface area contributed by atoms with E-state index in [1.165, 1.54) is 6.08 Å². The molecule has 0 aromatic carbocycles. The fourth-order valence-electron chi connectivity index (χ4n) is 5.06. The number of pyridine rings is 1. The average Bonchev–Trinajstić information content (AvgIpc) is 3.59. The molecule has 0 unspecified atom stereocenters. The molecule has 4 aromatic heterocycles. The zero-order chi connectivity index (χ0) is 27.4. The van der Waals surface area contributed by atoms with E-state index in [1.54, 1.807) is 23.2 Å². The summed E-state index contributed by atoms with van der Waals surface area (Å²) in [5.41, 5.74) is 5.15. The van der Waals surface area contributed by atoms with E-state index < -0.39 is 0 Å². The summed E-state index contributed by atoms with van der Waals surface area (Å²) in [5, 5.41) is 23.9. The highest BCUT2D eigenvalue weighted by atomic mass is 16.5. The van der Waals surface area contributed by atoms with Gasteiger partial charge in [0.1, 0.15) is 0 Å². The quantitative estimate of drug-likeness (QED) is 0.260. The van der Waals surface area contributed by atoms with Crippen LogP contribution in [0, 0.1) is 17.2 Å². The molecular formula is C29H32N8O2. The number of allylic oxidation sites excluding steroid dienone is 5. The maximum Gasteiger partial charge on any atom is 0.302 e. The molecule has 0 spiro atoms. The van der Waals surface area contributed by atoms with Crippen molar-refractivity contribution >= 4 is 22.3 Å². The molecule has 200 valence electrons. The summed E-state index contributed by atoms with van der Waals surface area (Å²) in [6, 6.07) is 4.62. The minimum atomic E-state index is 0.161. The van der Waals surface area contributed by atoms with Gasteiger partial charge in [0.15, 0.2) is 11.3 Å². The van der Waals surface area contributed by atoms with Crippen LogP contribution in [0.4, 0.5) is 0 Å². The lowest BCUT2D eigenvalue weighted by atomic mass is 9.99. The van der Waals surface area contributed by atoms with E-state index in [9.17, 15) is 10.4 Å². The van der Waals surface area contributed by atoms with Crippen LogP contribution in [-0.4, -0.2) is 72.0 Å². The van der Waals surface area contributed by atoms with Crippen LogP contribution in [0.2, 0.25) is 0 Å². The van der Waals surface area contributed by atoms with Crippen molar-refractivity contribution in [3.63, 3.8) is 0 Å². The van der Waals surface area contributed by atoms with Crippen LogP contribution < -0.4 is 4.74 Å². The predicted octanol–water partition coefficient (Wildman–Crippen LogP) is 3.80. The fraction of sp³-hybridized carbons (Fsp3) is 0.345. The Morgan fingerprint density at radius 1 is 1.28 bits per heavy atom. The number of β-amino-alcohol motifs (C(OH)–C–C–N with tert-alkyl or cyclic N) is 1. The highest BCUT2D eigenvalue weighted by Crippen LogP contribution is 2.34. The Hall–Kier alpha value is -4.33. The van der Waals surface area contributed by atoms with Gasteiger partial charge in [-0.3, -0.25) is 9.08 Å². The number of nitrogens with zero attached hydrogens (tertiary/aromatic N) is 8. The van der Waals surface area contributed by atoms with E-state index in [1.807, 2.05) is 42.9 Å². The summed E-state index contributed by atoms with van der Waals surface area (Å²) in [7, 11) is 1.86. The van der Waals surface area contributed by atoms with Gasteiger partial charge < -0.3 is 14.7 Å². The SMILES string of the molecule is C=C/C(C#N)=C\C=C(/C)c1nc(OC[C@@H]2CCCN(CCO)C2)n2ccnc2c1-c1cnc2c(cnn2C)c1. The zero-order valence-corrected chi connectivity index (χ0v) is 22.3. The molecule has 1 aliphatic rings. The molecule has 0 bridgehead atoms. The number of imidazole rings is 1. The second-order valence-corrected chi connectivity index (χ2v) is 9.77. The molecule has 10 nitrogen and oxygen atoms in total. The first kappa shape index (κ1) is 26.3. The number of aryl methyl sites for hydroxylation is 1. The molecule has 1 saturated heterocycles. The van der Waals surface area contributed by atoms with Crippen molar-refractivity contribution in [2.45, 2.75) is 19.8 Å². The van der Waals surface area contributed by atoms with E-state index >= 15 is 0 Å². The lowest BCUT2D eigenvalue weighted by Gasteiger charge is -2.32. The van der Waals surface area contributed by atoms with Crippen molar-refractivity contribution in [1.82, 2.24) is 34.0 Å². The molecule has 10 heteroatoms. The van der Waals surface area contributed by atoms with Crippen molar-refractivity contribution in [3.8, 4) is 23.2 Å². The molecule has 0 radical (unpaired) electrons. The van der Waals surface area contributed by atoms with Gasteiger partial charge in [-0.25, -0.2) is 9.97 Å². The number of rotatable bonds is 9. The van der Waals surface area contributed by atoms with Gasteiger partial charge in [-0.2, -0.15) is 15.3 Å². The van der Waals surface area contributed by atoms with E-state index in [4.69, 9.17) is 9.72 Å². The van der Waals surface area contributed by atoms with Crippen LogP contribution in [0.1, 0.15) is 25.5 Å². The van der Waals surface area contributed by atoms with Gasteiger partial charge in [-0.05, 0) is 44.0 Å². The number of hydrogen-bond donors (Lipinski definition) is 1. The van der Waals surface area contributed by atoms with Gasteiger partial charge in [0.05, 0.1) is 42.3 Å². The third kappa shape index (κ3) is 5.46. The molecule has 4 aromatic rings. The second-order valence-electron chi connectivity index (χ2n) is 9.77. The zero-order valence-electron chi connectivity index (χ0n) is 22.3. The number of piperidine rings is 1. The second kappa shape index (κ2) is 11.6. The van der Waals surface area contributed by atoms with E-state index in [2.05, 4.69) is 32.6 Å². The summed E-state index contributed by atoms with van der Waals surface area (Å²) in [6.45, 7) is 8.91. The number of aromatic nitrogens is 6. The van der Waals surface area contributed by atoms with Crippen molar-refractivity contribution < 1.29 is 9.84 Å². The highest BCUT2D eigenvalue weighted by molar-refractivity contribution is 5.91. The van der Waals surface area contributed by atoms with Crippen LogP contribution in [0.25, 0.3) is 33.4 Å². The number of aliphatic hydroxyl groups is 1. The molecule has 0 aliphatic carbocycles. The smallest absolute Gasteiger partial charge is 0.302 e. The molecule has 1 aliphatic heterocycles. The number of hydrogen-bond acceptors (Lipinski definition) is 8. The molecule has 5 heterocycles. The molecule has 5 rings (SSSR count). The van der Waals surface area contributed by atoms with Crippen molar-refractivity contribution in [2.75, 3.05) is 32.8 Å². The number of aliphatic hydroxyl groups excluding tert-OH is 1. The van der Waals surface area contributed by atoms with Crippen LogP contribution in [-0.2, 0) is 7.05 Å². The van der Waals surface area contributed by atoms with E-state index in [-0.39, 0.29) is 6.61 Å². The lowest BCUT2D eigenvalue weighted by molar-refractivity contribution is 0.107. The van der Waals surface area contributed by atoms with Gasteiger partial charge in [0.2, 0.25) is 0 Å². The Balaban J connectivity index is 1.59. The lowest BCUT2D eigenvalue weighted by Crippen LogP contribution is -2.39. The first-order chi connectivity index (χ1) is 19.0. The molecule has 0 amide bonds. The number of ether oxygens (including phenoxy) is 1. The summed E-state index contributed by atoms with van der Waals surface area (Å²) in [4.78, 5) is 16.6. The minimum Gasteiger partial charge on any atom is -0.464 e. The van der Waals surface area contributed by atoms with Crippen molar-refractivity contribution in [2.24, 2.45) is 13.0 Å². The Morgan fingerprint density at radius 2 is 2.15 bits per heavy atom.